The van der Waals surface area contributed by atoms with Crippen LogP contribution in [0.2, 0.25) is 0 Å². The number of nitrogens with zero attached hydrogens (tertiary/aromatic N) is 2. The van der Waals surface area contributed by atoms with Gasteiger partial charge >= 0.3 is 0 Å². The Kier molecular flexibility index (Phi) is 3.94. The zero-order valence-electron chi connectivity index (χ0n) is 13.8. The Balaban J connectivity index is 1.72. The molecule has 5 nitrogen and oxygen atoms in total. The summed E-state index contributed by atoms with van der Waals surface area (Å²) in [5, 5.41) is 1.01. The van der Waals surface area contributed by atoms with Gasteiger partial charge in [-0.25, -0.2) is 4.98 Å². The van der Waals surface area contributed by atoms with Gasteiger partial charge < -0.3 is 14.3 Å². The maximum Gasteiger partial charge on any atom is 0.259 e. The summed E-state index contributed by atoms with van der Waals surface area (Å²) in [7, 11) is 0. The van der Waals surface area contributed by atoms with E-state index in [0.717, 1.165) is 42.5 Å². The molecule has 1 aliphatic heterocycles. The van der Waals surface area contributed by atoms with Crippen LogP contribution in [-0.2, 0) is 11.3 Å². The van der Waals surface area contributed by atoms with Gasteiger partial charge in [-0.1, -0.05) is 12.1 Å². The van der Waals surface area contributed by atoms with Gasteiger partial charge in [-0.3, -0.25) is 4.79 Å². The number of fused-ring (bicyclic) bond motifs is 1. The first-order valence-electron chi connectivity index (χ1n) is 8.47. The lowest BCUT2D eigenvalue weighted by atomic mass is 10.1. The number of rotatable bonds is 3. The molecule has 1 aromatic carbocycles. The van der Waals surface area contributed by atoms with Gasteiger partial charge in [0.1, 0.15) is 5.82 Å². The number of hydrogen-bond acceptors (Lipinski definition) is 3. The van der Waals surface area contributed by atoms with E-state index >= 15 is 0 Å². The molecule has 0 aliphatic carbocycles. The summed E-state index contributed by atoms with van der Waals surface area (Å²) in [4.78, 5) is 19.9. The monoisotopic (exact) mass is 323 g/mol. The van der Waals surface area contributed by atoms with Crippen LogP contribution < -0.4 is 5.56 Å². The van der Waals surface area contributed by atoms with Crippen molar-refractivity contribution in [3.63, 3.8) is 0 Å². The Morgan fingerprint density at radius 2 is 2.25 bits per heavy atom. The second-order valence-electron chi connectivity index (χ2n) is 6.49. The molecule has 0 spiro atoms. The van der Waals surface area contributed by atoms with E-state index in [-0.39, 0.29) is 11.7 Å². The number of aromatic nitrogens is 3. The summed E-state index contributed by atoms with van der Waals surface area (Å²) in [6.45, 7) is 3.58. The number of aryl methyl sites for hydroxylation is 1. The third-order valence-corrected chi connectivity index (χ3v) is 4.63. The number of nitrogens with one attached hydrogen (secondary N) is 1. The summed E-state index contributed by atoms with van der Waals surface area (Å²) in [6.07, 6.45) is 7.27. The van der Waals surface area contributed by atoms with Gasteiger partial charge in [-0.05, 0) is 49.3 Å². The highest BCUT2D eigenvalue weighted by atomic mass is 16.5. The first-order chi connectivity index (χ1) is 11.7. The molecule has 1 unspecified atom stereocenters. The standard InChI is InChI=1S/C19H21N3O2/c1-13-5-6-14-11-16(19(23)21-17(14)10-13)18-20-7-8-22(18)12-15-4-2-3-9-24-15/h5-8,10-11,15H,2-4,9,12H2,1H3,(H,21,23). The van der Waals surface area contributed by atoms with Crippen molar-refractivity contribution in [1.29, 1.82) is 0 Å². The summed E-state index contributed by atoms with van der Waals surface area (Å²) in [6, 6.07) is 7.99. The molecular formula is C19H21N3O2. The largest absolute Gasteiger partial charge is 0.376 e. The van der Waals surface area contributed by atoms with Crippen LogP contribution in [0, 0.1) is 6.92 Å². The lowest BCUT2D eigenvalue weighted by Crippen LogP contribution is -2.25. The highest BCUT2D eigenvalue weighted by Crippen LogP contribution is 2.21. The summed E-state index contributed by atoms with van der Waals surface area (Å²) < 4.78 is 7.85. The zero-order valence-corrected chi connectivity index (χ0v) is 13.8. The molecule has 0 bridgehead atoms. The van der Waals surface area contributed by atoms with Crippen molar-refractivity contribution in [2.24, 2.45) is 0 Å². The van der Waals surface area contributed by atoms with E-state index in [2.05, 4.69) is 9.97 Å². The second-order valence-corrected chi connectivity index (χ2v) is 6.49. The van der Waals surface area contributed by atoms with E-state index in [1.807, 2.05) is 42.0 Å². The fraction of sp³-hybridized carbons (Fsp3) is 0.368. The number of benzene rings is 1. The first-order valence-corrected chi connectivity index (χ1v) is 8.47. The Morgan fingerprint density at radius 3 is 3.08 bits per heavy atom. The molecule has 1 fully saturated rings. The predicted octanol–water partition coefficient (Wildman–Crippen LogP) is 3.27. The molecule has 2 aromatic heterocycles. The van der Waals surface area contributed by atoms with Crippen LogP contribution in [0.15, 0.2) is 41.5 Å². The molecule has 0 amide bonds. The van der Waals surface area contributed by atoms with Crippen molar-refractivity contribution >= 4 is 10.9 Å². The van der Waals surface area contributed by atoms with E-state index in [4.69, 9.17) is 4.74 Å². The Morgan fingerprint density at radius 1 is 1.33 bits per heavy atom. The third-order valence-electron chi connectivity index (χ3n) is 4.63. The number of ether oxygens (including phenoxy) is 1. The molecule has 0 radical (unpaired) electrons. The van der Waals surface area contributed by atoms with Gasteiger partial charge in [0, 0.05) is 24.5 Å². The molecule has 124 valence electrons. The zero-order chi connectivity index (χ0) is 16.5. The van der Waals surface area contributed by atoms with Gasteiger partial charge in [-0.2, -0.15) is 0 Å². The highest BCUT2D eigenvalue weighted by molar-refractivity contribution is 5.82. The van der Waals surface area contributed by atoms with Crippen LogP contribution in [0.3, 0.4) is 0 Å². The minimum absolute atomic E-state index is 0.106. The minimum Gasteiger partial charge on any atom is -0.376 e. The van der Waals surface area contributed by atoms with E-state index in [1.165, 1.54) is 6.42 Å². The molecule has 5 heteroatoms. The Labute approximate surface area is 140 Å². The van der Waals surface area contributed by atoms with Crippen molar-refractivity contribution in [2.45, 2.75) is 38.8 Å². The van der Waals surface area contributed by atoms with E-state index in [1.54, 1.807) is 6.20 Å². The number of H-pyrrole nitrogens is 1. The average Bonchev–Trinajstić information content (AvgIpc) is 3.03. The first kappa shape index (κ1) is 15.1. The van der Waals surface area contributed by atoms with Crippen LogP contribution in [-0.4, -0.2) is 27.2 Å². The molecule has 1 atom stereocenters. The van der Waals surface area contributed by atoms with Crippen molar-refractivity contribution in [3.8, 4) is 11.4 Å². The lowest BCUT2D eigenvalue weighted by Gasteiger charge is -2.23. The molecule has 4 rings (SSSR count). The van der Waals surface area contributed by atoms with Crippen LogP contribution in [0.1, 0.15) is 24.8 Å². The molecule has 3 aromatic rings. The fourth-order valence-electron chi connectivity index (χ4n) is 3.35. The predicted molar refractivity (Wildman–Crippen MR) is 94.1 cm³/mol. The van der Waals surface area contributed by atoms with E-state index in [0.29, 0.717) is 11.4 Å². The maximum atomic E-state index is 12.5. The summed E-state index contributed by atoms with van der Waals surface area (Å²) >= 11 is 0. The molecule has 0 saturated carbocycles. The molecule has 1 aliphatic rings. The van der Waals surface area contributed by atoms with Gasteiger partial charge in [0.25, 0.3) is 5.56 Å². The van der Waals surface area contributed by atoms with Crippen LogP contribution in [0.4, 0.5) is 0 Å². The maximum absolute atomic E-state index is 12.5. The highest BCUT2D eigenvalue weighted by Gasteiger charge is 2.18. The van der Waals surface area contributed by atoms with Gasteiger partial charge in [0.2, 0.25) is 0 Å². The van der Waals surface area contributed by atoms with Crippen molar-refractivity contribution in [2.75, 3.05) is 6.61 Å². The minimum atomic E-state index is -0.106. The Bertz CT molecular complexity index is 920. The number of hydrogen-bond donors (Lipinski definition) is 1. The molecular weight excluding hydrogens is 302 g/mol. The quantitative estimate of drug-likeness (QED) is 0.805. The molecule has 1 saturated heterocycles. The Hall–Kier alpha value is -2.40. The average molecular weight is 323 g/mol. The van der Waals surface area contributed by atoms with Crippen molar-refractivity contribution < 1.29 is 4.74 Å². The number of imidazole rings is 1. The van der Waals surface area contributed by atoms with Crippen molar-refractivity contribution in [3.05, 3.63) is 52.6 Å². The molecule has 3 heterocycles. The van der Waals surface area contributed by atoms with Crippen molar-refractivity contribution in [1.82, 2.24) is 14.5 Å². The van der Waals surface area contributed by atoms with E-state index in [9.17, 15) is 4.79 Å². The van der Waals surface area contributed by atoms with Crippen LogP contribution in [0.5, 0.6) is 0 Å². The van der Waals surface area contributed by atoms with Gasteiger partial charge in [-0.15, -0.1) is 0 Å². The normalized spacial score (nSPS) is 18.1. The van der Waals surface area contributed by atoms with E-state index < -0.39 is 0 Å². The number of pyridine rings is 1. The lowest BCUT2D eigenvalue weighted by molar-refractivity contribution is 0.00624. The topological polar surface area (TPSA) is 59.9 Å². The van der Waals surface area contributed by atoms with Crippen LogP contribution >= 0.6 is 0 Å². The van der Waals surface area contributed by atoms with Gasteiger partial charge in [0.05, 0.1) is 18.2 Å². The van der Waals surface area contributed by atoms with Crippen LogP contribution in [0.25, 0.3) is 22.3 Å². The van der Waals surface area contributed by atoms with Gasteiger partial charge in [0.15, 0.2) is 0 Å². The molecule has 1 N–H and O–H groups in total. The fourth-order valence-corrected chi connectivity index (χ4v) is 3.35. The SMILES string of the molecule is Cc1ccc2cc(-c3nccn3CC3CCCCO3)c(=O)[nH]c2c1. The number of aromatic amines is 1. The second kappa shape index (κ2) is 6.24. The molecule has 24 heavy (non-hydrogen) atoms. The summed E-state index contributed by atoms with van der Waals surface area (Å²) in [5.41, 5.74) is 2.48. The smallest absolute Gasteiger partial charge is 0.259 e. The summed E-state index contributed by atoms with van der Waals surface area (Å²) in [5.74, 6) is 0.702. The third kappa shape index (κ3) is 2.87.